The summed E-state index contributed by atoms with van der Waals surface area (Å²) in [5.74, 6) is 0. The summed E-state index contributed by atoms with van der Waals surface area (Å²) in [6.45, 7) is 2.29. The van der Waals surface area contributed by atoms with Crippen LogP contribution in [0.25, 0.3) is 0 Å². The monoisotopic (exact) mass is 302 g/mol. The summed E-state index contributed by atoms with van der Waals surface area (Å²) in [6, 6.07) is 8.43. The van der Waals surface area contributed by atoms with E-state index < -0.39 is 0 Å². The number of hydrogen-bond acceptors (Lipinski definition) is 4. The summed E-state index contributed by atoms with van der Waals surface area (Å²) in [4.78, 5) is 1.35. The van der Waals surface area contributed by atoms with Gasteiger partial charge in [0, 0.05) is 23.0 Å². The van der Waals surface area contributed by atoms with Gasteiger partial charge in [-0.25, -0.2) is 0 Å². The van der Waals surface area contributed by atoms with Crippen LogP contribution < -0.4 is 5.32 Å². The van der Waals surface area contributed by atoms with E-state index in [2.05, 4.69) is 50.8 Å². The molecule has 0 spiro atoms. The molecule has 3 rings (SSSR count). The highest BCUT2D eigenvalue weighted by Gasteiger charge is 2.04. The van der Waals surface area contributed by atoms with Crippen LogP contribution in [-0.2, 0) is 19.6 Å². The van der Waals surface area contributed by atoms with E-state index in [4.69, 9.17) is 5.11 Å². The third kappa shape index (κ3) is 3.53. The molecule has 0 aliphatic heterocycles. The number of aliphatic hydroxyl groups excluding tert-OH is 1. The lowest BCUT2D eigenvalue weighted by Crippen LogP contribution is -2.07. The molecule has 3 heterocycles. The van der Waals surface area contributed by atoms with E-state index in [1.165, 1.54) is 10.6 Å². The Morgan fingerprint density at radius 2 is 2.24 bits per heavy atom. The molecule has 2 N–H and O–H groups in total. The second-order valence-corrected chi connectivity index (χ2v) is 5.81. The molecule has 0 bridgehead atoms. The molecule has 0 radical (unpaired) electrons. The molecule has 0 atom stereocenters. The summed E-state index contributed by atoms with van der Waals surface area (Å²) in [5.41, 5.74) is 2.20. The van der Waals surface area contributed by atoms with Crippen LogP contribution in [0, 0.1) is 0 Å². The average molecular weight is 302 g/mol. The van der Waals surface area contributed by atoms with Crippen molar-refractivity contribution >= 4 is 17.0 Å². The first-order valence-electron chi connectivity index (χ1n) is 6.89. The minimum atomic E-state index is 0.102. The van der Waals surface area contributed by atoms with Crippen molar-refractivity contribution in [3.8, 4) is 0 Å². The second-order valence-electron chi connectivity index (χ2n) is 4.78. The molecule has 0 amide bonds. The van der Waals surface area contributed by atoms with Gasteiger partial charge in [0.1, 0.15) is 0 Å². The van der Waals surface area contributed by atoms with Crippen LogP contribution in [0.2, 0.25) is 0 Å². The predicted octanol–water partition coefficient (Wildman–Crippen LogP) is 2.40. The first kappa shape index (κ1) is 13.9. The molecule has 0 aliphatic carbocycles. The van der Waals surface area contributed by atoms with Crippen LogP contribution in [0.4, 0.5) is 5.69 Å². The fourth-order valence-corrected chi connectivity index (χ4v) is 2.91. The van der Waals surface area contributed by atoms with Gasteiger partial charge in [0.25, 0.3) is 0 Å². The number of nitrogens with zero attached hydrogens (tertiary/aromatic N) is 3. The zero-order chi connectivity index (χ0) is 14.5. The van der Waals surface area contributed by atoms with Gasteiger partial charge in [-0.3, -0.25) is 4.68 Å². The number of rotatable bonds is 7. The van der Waals surface area contributed by atoms with Gasteiger partial charge in [-0.1, -0.05) is 6.07 Å². The van der Waals surface area contributed by atoms with E-state index in [0.717, 1.165) is 18.8 Å². The van der Waals surface area contributed by atoms with Crippen LogP contribution in [0.1, 0.15) is 10.6 Å². The van der Waals surface area contributed by atoms with Gasteiger partial charge in [0.2, 0.25) is 0 Å². The quantitative estimate of drug-likeness (QED) is 0.704. The van der Waals surface area contributed by atoms with Crippen LogP contribution in [0.15, 0.2) is 48.2 Å². The maximum Gasteiger partial charge on any atom is 0.0729 e. The van der Waals surface area contributed by atoms with Crippen LogP contribution in [0.3, 0.4) is 0 Å². The molecular weight excluding hydrogens is 284 g/mol. The average Bonchev–Trinajstić information content (AvgIpc) is 3.20. The van der Waals surface area contributed by atoms with Crippen molar-refractivity contribution in [1.82, 2.24) is 14.3 Å². The third-order valence-electron chi connectivity index (χ3n) is 3.27. The summed E-state index contributed by atoms with van der Waals surface area (Å²) in [5, 5.41) is 18.5. The SMILES string of the molecule is OCCn1cc(NCc2cccn2Cc2cccs2)cn1. The molecule has 0 aliphatic rings. The highest BCUT2D eigenvalue weighted by Crippen LogP contribution is 2.14. The summed E-state index contributed by atoms with van der Waals surface area (Å²) in [7, 11) is 0. The minimum absolute atomic E-state index is 0.102. The van der Waals surface area contributed by atoms with E-state index in [1.807, 2.05) is 6.20 Å². The van der Waals surface area contributed by atoms with E-state index >= 15 is 0 Å². The summed E-state index contributed by atoms with van der Waals surface area (Å²) in [6.07, 6.45) is 5.79. The van der Waals surface area contributed by atoms with Gasteiger partial charge in [0.15, 0.2) is 0 Å². The molecule has 6 heteroatoms. The lowest BCUT2D eigenvalue weighted by atomic mass is 10.4. The van der Waals surface area contributed by atoms with Crippen molar-refractivity contribution in [2.24, 2.45) is 0 Å². The maximum atomic E-state index is 8.88. The molecular formula is C15H18N4OS. The first-order valence-corrected chi connectivity index (χ1v) is 7.77. The Hall–Kier alpha value is -2.05. The Kier molecular flexibility index (Phi) is 4.37. The highest BCUT2D eigenvalue weighted by molar-refractivity contribution is 7.09. The van der Waals surface area contributed by atoms with Gasteiger partial charge >= 0.3 is 0 Å². The van der Waals surface area contributed by atoms with E-state index in [1.54, 1.807) is 22.2 Å². The van der Waals surface area contributed by atoms with Crippen LogP contribution in [0.5, 0.6) is 0 Å². The molecule has 0 saturated carbocycles. The highest BCUT2D eigenvalue weighted by atomic mass is 32.1. The Morgan fingerprint density at radius 3 is 3.05 bits per heavy atom. The molecule has 3 aromatic rings. The fraction of sp³-hybridized carbons (Fsp3) is 0.267. The molecule has 5 nitrogen and oxygen atoms in total. The number of aromatic nitrogens is 3. The zero-order valence-corrected chi connectivity index (χ0v) is 12.5. The molecule has 0 saturated heterocycles. The second kappa shape index (κ2) is 6.60. The Labute approximate surface area is 127 Å². The standard InChI is InChI=1S/C15H18N4OS/c20-7-6-19-11-13(9-17-19)16-10-14-3-1-5-18(14)12-15-4-2-8-21-15/h1-5,8-9,11,16,20H,6-7,10,12H2. The van der Waals surface area contributed by atoms with E-state index in [9.17, 15) is 0 Å². The molecule has 21 heavy (non-hydrogen) atoms. The number of thiophene rings is 1. The van der Waals surface area contributed by atoms with Crippen LogP contribution in [-0.4, -0.2) is 26.1 Å². The summed E-state index contributed by atoms with van der Waals surface area (Å²) >= 11 is 1.77. The Balaban J connectivity index is 1.61. The van der Waals surface area contributed by atoms with Gasteiger partial charge < -0.3 is 15.0 Å². The van der Waals surface area contributed by atoms with Crippen molar-refractivity contribution in [2.45, 2.75) is 19.6 Å². The number of anilines is 1. The lowest BCUT2D eigenvalue weighted by Gasteiger charge is -2.09. The number of aliphatic hydroxyl groups is 1. The van der Waals surface area contributed by atoms with Gasteiger partial charge in [-0.05, 0) is 23.6 Å². The molecule has 3 aromatic heterocycles. The predicted molar refractivity (Wildman–Crippen MR) is 84.5 cm³/mol. The smallest absolute Gasteiger partial charge is 0.0729 e. The van der Waals surface area contributed by atoms with Crippen molar-refractivity contribution in [3.05, 3.63) is 58.8 Å². The molecule has 0 aromatic carbocycles. The van der Waals surface area contributed by atoms with E-state index in [-0.39, 0.29) is 6.61 Å². The molecule has 110 valence electrons. The molecule has 0 fully saturated rings. The summed E-state index contributed by atoms with van der Waals surface area (Å²) < 4.78 is 3.98. The largest absolute Gasteiger partial charge is 0.394 e. The van der Waals surface area contributed by atoms with E-state index in [0.29, 0.717) is 6.54 Å². The van der Waals surface area contributed by atoms with Gasteiger partial charge in [-0.15, -0.1) is 11.3 Å². The first-order chi connectivity index (χ1) is 10.3. The fourth-order valence-electron chi connectivity index (χ4n) is 2.21. The normalized spacial score (nSPS) is 10.9. The minimum Gasteiger partial charge on any atom is -0.394 e. The van der Waals surface area contributed by atoms with Crippen molar-refractivity contribution < 1.29 is 5.11 Å². The zero-order valence-electron chi connectivity index (χ0n) is 11.6. The van der Waals surface area contributed by atoms with Crippen LogP contribution >= 0.6 is 11.3 Å². The number of nitrogens with one attached hydrogen (secondary N) is 1. The molecule has 0 unspecified atom stereocenters. The Bertz CT molecular complexity index is 671. The lowest BCUT2D eigenvalue weighted by molar-refractivity contribution is 0.269. The topological polar surface area (TPSA) is 55.0 Å². The number of hydrogen-bond donors (Lipinski definition) is 2. The van der Waals surface area contributed by atoms with Crippen molar-refractivity contribution in [3.63, 3.8) is 0 Å². The third-order valence-corrected chi connectivity index (χ3v) is 4.13. The van der Waals surface area contributed by atoms with Gasteiger partial charge in [0.05, 0.1) is 38.1 Å². The van der Waals surface area contributed by atoms with Gasteiger partial charge in [-0.2, -0.15) is 5.10 Å². The van der Waals surface area contributed by atoms with Crippen molar-refractivity contribution in [2.75, 3.05) is 11.9 Å². The Morgan fingerprint density at radius 1 is 1.29 bits per heavy atom. The maximum absolute atomic E-state index is 8.88. The van der Waals surface area contributed by atoms with Crippen molar-refractivity contribution in [1.29, 1.82) is 0 Å².